The number of fused-ring (bicyclic) bond motifs is 1. The molecule has 0 saturated carbocycles. The number of nitrogens with zero attached hydrogens (tertiary/aromatic N) is 2. The number of carbonyl (C=O) groups is 1. The Morgan fingerprint density at radius 1 is 1.38 bits per heavy atom. The van der Waals surface area contributed by atoms with Gasteiger partial charge in [0.1, 0.15) is 11.5 Å². The van der Waals surface area contributed by atoms with Crippen LogP contribution in [0.25, 0.3) is 10.9 Å². The molecule has 0 unspecified atom stereocenters. The van der Waals surface area contributed by atoms with Crippen LogP contribution in [-0.2, 0) is 11.4 Å². The van der Waals surface area contributed by atoms with Gasteiger partial charge < -0.3 is 9.67 Å². The third kappa shape index (κ3) is 3.87. The molecule has 6 nitrogen and oxygen atoms in total. The normalized spacial score (nSPS) is 11.1. The van der Waals surface area contributed by atoms with Crippen molar-refractivity contribution >= 4 is 39.4 Å². The van der Waals surface area contributed by atoms with Crippen molar-refractivity contribution in [3.05, 3.63) is 62.9 Å². The SMILES string of the molecule is Cc1nccc2cc(C(=O)NOCCO)n(Cc3ccc(I)cc3F)c12. The van der Waals surface area contributed by atoms with Crippen LogP contribution >= 0.6 is 22.6 Å². The molecule has 3 aromatic rings. The van der Waals surface area contributed by atoms with Gasteiger partial charge in [0.15, 0.2) is 0 Å². The Labute approximate surface area is 163 Å². The molecular weight excluding hydrogens is 452 g/mol. The van der Waals surface area contributed by atoms with Crippen LogP contribution in [0, 0.1) is 16.3 Å². The summed E-state index contributed by atoms with van der Waals surface area (Å²) in [5, 5.41) is 9.60. The molecule has 136 valence electrons. The summed E-state index contributed by atoms with van der Waals surface area (Å²) in [7, 11) is 0. The Morgan fingerprint density at radius 3 is 2.92 bits per heavy atom. The Hall–Kier alpha value is -2.04. The number of hydroxylamine groups is 1. The standard InChI is InChI=1S/C18H17FIN3O3/c1-11-17-12(4-5-21-11)8-16(18(25)22-26-7-6-24)23(17)10-13-2-3-14(20)9-15(13)19/h2-5,8-9,24H,6-7,10H2,1H3,(H,22,25). The van der Waals surface area contributed by atoms with E-state index in [-0.39, 0.29) is 25.6 Å². The van der Waals surface area contributed by atoms with E-state index in [1.807, 2.05) is 35.6 Å². The first-order valence-corrected chi connectivity index (χ1v) is 9.01. The Balaban J connectivity index is 2.05. The summed E-state index contributed by atoms with van der Waals surface area (Å²) < 4.78 is 16.9. The zero-order chi connectivity index (χ0) is 18.7. The second kappa shape index (κ2) is 8.11. The summed E-state index contributed by atoms with van der Waals surface area (Å²) in [5.74, 6) is -0.803. The number of rotatable bonds is 6. The molecule has 0 bridgehead atoms. The lowest BCUT2D eigenvalue weighted by atomic mass is 10.2. The van der Waals surface area contributed by atoms with Gasteiger partial charge in [0.05, 0.1) is 31.0 Å². The minimum atomic E-state index is -0.472. The third-order valence-electron chi connectivity index (χ3n) is 3.93. The second-order valence-electron chi connectivity index (χ2n) is 5.69. The molecule has 1 aromatic carbocycles. The molecule has 2 N–H and O–H groups in total. The first-order chi connectivity index (χ1) is 12.5. The smallest absolute Gasteiger partial charge is 0.291 e. The summed E-state index contributed by atoms with van der Waals surface area (Å²) in [6.45, 7) is 1.80. The van der Waals surface area contributed by atoms with Gasteiger partial charge in [-0.05, 0) is 53.8 Å². The van der Waals surface area contributed by atoms with Crippen molar-refractivity contribution in [3.63, 3.8) is 0 Å². The van der Waals surface area contributed by atoms with E-state index < -0.39 is 5.91 Å². The molecule has 26 heavy (non-hydrogen) atoms. The quantitative estimate of drug-likeness (QED) is 0.331. The molecular formula is C18H17FIN3O3. The van der Waals surface area contributed by atoms with Crippen molar-refractivity contribution in [2.75, 3.05) is 13.2 Å². The lowest BCUT2D eigenvalue weighted by Crippen LogP contribution is -2.27. The van der Waals surface area contributed by atoms with Crippen LogP contribution in [0.3, 0.4) is 0 Å². The van der Waals surface area contributed by atoms with Crippen LogP contribution in [-0.4, -0.2) is 33.8 Å². The van der Waals surface area contributed by atoms with Crippen molar-refractivity contribution in [3.8, 4) is 0 Å². The summed E-state index contributed by atoms with van der Waals surface area (Å²) in [6, 6.07) is 8.50. The Bertz CT molecular complexity index is 958. The Kier molecular flexibility index (Phi) is 5.84. The van der Waals surface area contributed by atoms with E-state index >= 15 is 0 Å². The molecule has 0 aliphatic heterocycles. The predicted molar refractivity (Wildman–Crippen MR) is 103 cm³/mol. The molecule has 2 aromatic heterocycles. The highest BCUT2D eigenvalue weighted by molar-refractivity contribution is 14.1. The first-order valence-electron chi connectivity index (χ1n) is 7.93. The van der Waals surface area contributed by atoms with Crippen molar-refractivity contribution < 1.29 is 19.1 Å². The van der Waals surface area contributed by atoms with Crippen LogP contribution in [0.1, 0.15) is 21.7 Å². The maximum atomic E-state index is 14.3. The van der Waals surface area contributed by atoms with E-state index in [2.05, 4.69) is 10.5 Å². The number of amides is 1. The van der Waals surface area contributed by atoms with Gasteiger partial charge in [-0.1, -0.05) is 6.07 Å². The summed E-state index contributed by atoms with van der Waals surface area (Å²) >= 11 is 2.05. The van der Waals surface area contributed by atoms with Gasteiger partial charge in [-0.3, -0.25) is 14.6 Å². The molecule has 0 aliphatic carbocycles. The van der Waals surface area contributed by atoms with Gasteiger partial charge in [-0.2, -0.15) is 0 Å². The van der Waals surface area contributed by atoms with E-state index in [0.29, 0.717) is 11.3 Å². The largest absolute Gasteiger partial charge is 0.394 e. The molecule has 0 aliphatic rings. The minimum Gasteiger partial charge on any atom is -0.394 e. The molecule has 3 rings (SSSR count). The number of carbonyl (C=O) groups excluding carboxylic acids is 1. The number of pyridine rings is 1. The number of aliphatic hydroxyl groups excluding tert-OH is 1. The predicted octanol–water partition coefficient (Wildman–Crippen LogP) is 2.79. The van der Waals surface area contributed by atoms with E-state index in [1.165, 1.54) is 6.07 Å². The fourth-order valence-corrected chi connectivity index (χ4v) is 3.23. The number of hydrogen-bond acceptors (Lipinski definition) is 4. The van der Waals surface area contributed by atoms with Crippen molar-refractivity contribution in [2.24, 2.45) is 0 Å². The number of nitrogens with one attached hydrogen (secondary N) is 1. The highest BCUT2D eigenvalue weighted by Gasteiger charge is 2.19. The fourth-order valence-electron chi connectivity index (χ4n) is 2.78. The lowest BCUT2D eigenvalue weighted by molar-refractivity contribution is 0.0162. The number of aryl methyl sites for hydroxylation is 1. The van der Waals surface area contributed by atoms with Gasteiger partial charge in [-0.15, -0.1) is 0 Å². The van der Waals surface area contributed by atoms with Gasteiger partial charge in [-0.25, -0.2) is 9.87 Å². The van der Waals surface area contributed by atoms with Crippen LogP contribution in [0.15, 0.2) is 36.5 Å². The number of benzene rings is 1. The fraction of sp³-hybridized carbons (Fsp3) is 0.222. The van der Waals surface area contributed by atoms with E-state index in [9.17, 15) is 9.18 Å². The van der Waals surface area contributed by atoms with Crippen molar-refractivity contribution in [1.82, 2.24) is 15.0 Å². The minimum absolute atomic E-state index is 0.0156. The molecule has 0 spiro atoms. The topological polar surface area (TPSA) is 76.4 Å². The monoisotopic (exact) mass is 469 g/mol. The Morgan fingerprint density at radius 2 is 2.19 bits per heavy atom. The van der Waals surface area contributed by atoms with Crippen molar-refractivity contribution in [2.45, 2.75) is 13.5 Å². The van der Waals surface area contributed by atoms with Crippen LogP contribution in [0.4, 0.5) is 4.39 Å². The van der Waals surface area contributed by atoms with E-state index in [0.717, 1.165) is 20.2 Å². The first kappa shape index (κ1) is 18.7. The number of aliphatic hydroxyl groups is 1. The maximum Gasteiger partial charge on any atom is 0.291 e. The number of aromatic nitrogens is 2. The van der Waals surface area contributed by atoms with Crippen molar-refractivity contribution in [1.29, 1.82) is 0 Å². The summed E-state index contributed by atoms with van der Waals surface area (Å²) in [6.07, 6.45) is 1.66. The van der Waals surface area contributed by atoms with Crippen LogP contribution in [0.5, 0.6) is 0 Å². The zero-order valence-corrected chi connectivity index (χ0v) is 16.2. The molecule has 0 atom stereocenters. The highest BCUT2D eigenvalue weighted by atomic mass is 127. The third-order valence-corrected chi connectivity index (χ3v) is 4.60. The summed E-state index contributed by atoms with van der Waals surface area (Å²) in [4.78, 5) is 21.7. The molecule has 2 heterocycles. The highest BCUT2D eigenvalue weighted by Crippen LogP contribution is 2.24. The molecule has 8 heteroatoms. The average molecular weight is 469 g/mol. The average Bonchev–Trinajstić information content (AvgIpc) is 2.97. The van der Waals surface area contributed by atoms with Crippen LogP contribution < -0.4 is 5.48 Å². The molecule has 1 amide bonds. The second-order valence-corrected chi connectivity index (χ2v) is 6.93. The molecule has 0 radical (unpaired) electrons. The maximum absolute atomic E-state index is 14.3. The summed E-state index contributed by atoms with van der Waals surface area (Å²) in [5.41, 5.74) is 4.59. The van der Waals surface area contributed by atoms with Crippen LogP contribution in [0.2, 0.25) is 0 Å². The van der Waals surface area contributed by atoms with Gasteiger partial charge in [0.25, 0.3) is 5.91 Å². The van der Waals surface area contributed by atoms with E-state index in [4.69, 9.17) is 9.94 Å². The molecule has 0 saturated heterocycles. The van der Waals surface area contributed by atoms with E-state index in [1.54, 1.807) is 29.0 Å². The van der Waals surface area contributed by atoms with Gasteiger partial charge in [0, 0.05) is 20.7 Å². The zero-order valence-electron chi connectivity index (χ0n) is 14.0. The van der Waals surface area contributed by atoms with Gasteiger partial charge >= 0.3 is 0 Å². The lowest BCUT2D eigenvalue weighted by Gasteiger charge is -2.13. The molecule has 0 fully saturated rings. The van der Waals surface area contributed by atoms with Gasteiger partial charge in [0.2, 0.25) is 0 Å². The number of hydrogen-bond donors (Lipinski definition) is 2. The number of halogens is 2.